The lowest BCUT2D eigenvalue weighted by atomic mass is 9.98. The topological polar surface area (TPSA) is 231 Å². The van der Waals surface area contributed by atoms with Gasteiger partial charge in [0.25, 0.3) is 0 Å². The monoisotopic (exact) mass is 973 g/mol. The standard InChI is InChI=1S/C53H96O15/c1-3-5-7-9-11-13-15-17-19-20-22-24-26-28-30-32-34-36-45(56)66-41(38-63-44(55)35-33-31-29-27-25-23-21-18-16-14-12-10-8-6-4-2)39-64-52-51(62)49(60)47(58)43(68-52)40-65-53-50(61)48(59)46(57)42(37-54)67-53/h17,19,25,27,41-43,46-54,57-62H,3-16,18,20-24,26,28-40H2,1-2H3/b19-17+,27-25+/t41-,42+,43+,46-,47-,48?,49?,50?,51?,52+,53+/m1/s1. The zero-order valence-corrected chi connectivity index (χ0v) is 42.1. The maximum atomic E-state index is 13.0. The minimum atomic E-state index is -1.77. The van der Waals surface area contributed by atoms with Crippen LogP contribution in [0.3, 0.4) is 0 Å². The Bertz CT molecular complexity index is 1280. The molecule has 4 unspecified atom stereocenters. The molecule has 15 heteroatoms. The number of carbonyl (C=O) groups excluding carboxylic acids is 2. The lowest BCUT2D eigenvalue weighted by Crippen LogP contribution is -2.61. The zero-order valence-electron chi connectivity index (χ0n) is 42.1. The van der Waals surface area contributed by atoms with Gasteiger partial charge in [0.15, 0.2) is 18.7 Å². The van der Waals surface area contributed by atoms with Gasteiger partial charge in [-0.25, -0.2) is 0 Å². The van der Waals surface area contributed by atoms with E-state index in [0.29, 0.717) is 12.8 Å². The van der Waals surface area contributed by atoms with E-state index in [0.717, 1.165) is 51.4 Å². The Morgan fingerprint density at radius 1 is 0.456 bits per heavy atom. The number of hydrogen-bond acceptors (Lipinski definition) is 15. The van der Waals surface area contributed by atoms with Crippen molar-refractivity contribution in [2.24, 2.45) is 0 Å². The SMILES string of the molecule is CCCCCCCC/C=C/CCCCCCCCCC(=O)O[C@H](COC(=O)CCCC/C=C/CCCCCCCCCCC)CO[C@H]1O[C@@H](CO[C@H]2O[C@@H](CO)[C@@H](O)C(O)C2O)[C@@H](O)C(O)C1O. The van der Waals surface area contributed by atoms with Crippen LogP contribution in [0.5, 0.6) is 0 Å². The van der Waals surface area contributed by atoms with Crippen molar-refractivity contribution in [1.82, 2.24) is 0 Å². The molecule has 2 saturated heterocycles. The average Bonchev–Trinajstić information content (AvgIpc) is 3.33. The van der Waals surface area contributed by atoms with Gasteiger partial charge in [-0.2, -0.15) is 0 Å². The summed E-state index contributed by atoms with van der Waals surface area (Å²) < 4.78 is 33.6. The third-order valence-corrected chi connectivity index (χ3v) is 12.9. The molecule has 7 N–H and O–H groups in total. The lowest BCUT2D eigenvalue weighted by molar-refractivity contribution is -0.332. The second-order valence-electron chi connectivity index (χ2n) is 19.0. The summed E-state index contributed by atoms with van der Waals surface area (Å²) in [5.74, 6) is -0.949. The summed E-state index contributed by atoms with van der Waals surface area (Å²) in [7, 11) is 0. The smallest absolute Gasteiger partial charge is 0.306 e. The molecule has 0 saturated carbocycles. The average molecular weight is 973 g/mol. The third kappa shape index (κ3) is 28.1. The highest BCUT2D eigenvalue weighted by molar-refractivity contribution is 5.70. The molecule has 2 aliphatic heterocycles. The van der Waals surface area contributed by atoms with E-state index in [1.54, 1.807) is 0 Å². The molecular formula is C53H96O15. The van der Waals surface area contributed by atoms with E-state index in [2.05, 4.69) is 38.2 Å². The van der Waals surface area contributed by atoms with Crippen LogP contribution >= 0.6 is 0 Å². The number of esters is 2. The van der Waals surface area contributed by atoms with Crippen molar-refractivity contribution in [2.75, 3.05) is 26.4 Å². The number of hydrogen-bond donors (Lipinski definition) is 7. The predicted octanol–water partition coefficient (Wildman–Crippen LogP) is 7.94. The largest absolute Gasteiger partial charge is 0.462 e. The fraction of sp³-hybridized carbons (Fsp3) is 0.887. The molecule has 0 aromatic rings. The van der Waals surface area contributed by atoms with Crippen LogP contribution in [-0.2, 0) is 38.0 Å². The van der Waals surface area contributed by atoms with Crippen molar-refractivity contribution in [2.45, 2.75) is 274 Å². The Kier molecular flexibility index (Phi) is 37.0. The predicted molar refractivity (Wildman–Crippen MR) is 261 cm³/mol. The van der Waals surface area contributed by atoms with Crippen LogP contribution in [0, 0.1) is 0 Å². The van der Waals surface area contributed by atoms with Crippen molar-refractivity contribution >= 4 is 11.9 Å². The van der Waals surface area contributed by atoms with Crippen LogP contribution in [0.15, 0.2) is 24.3 Å². The van der Waals surface area contributed by atoms with Crippen molar-refractivity contribution in [1.29, 1.82) is 0 Å². The minimum Gasteiger partial charge on any atom is -0.462 e. The van der Waals surface area contributed by atoms with Gasteiger partial charge in [-0.3, -0.25) is 9.59 Å². The first-order valence-electron chi connectivity index (χ1n) is 26.9. The van der Waals surface area contributed by atoms with Gasteiger partial charge < -0.3 is 64.2 Å². The number of carbonyl (C=O) groups is 2. The van der Waals surface area contributed by atoms with Crippen LogP contribution in [0.1, 0.15) is 206 Å². The maximum Gasteiger partial charge on any atom is 0.306 e. The molecule has 0 radical (unpaired) electrons. The molecule has 2 aliphatic rings. The van der Waals surface area contributed by atoms with Gasteiger partial charge in [-0.15, -0.1) is 0 Å². The summed E-state index contributed by atoms with van der Waals surface area (Å²) in [5.41, 5.74) is 0. The summed E-state index contributed by atoms with van der Waals surface area (Å²) in [5, 5.41) is 72.1. The Labute approximate surface area is 409 Å². The lowest BCUT2D eigenvalue weighted by Gasteiger charge is -2.42. The first-order chi connectivity index (χ1) is 33.0. The van der Waals surface area contributed by atoms with Gasteiger partial charge in [0, 0.05) is 12.8 Å². The van der Waals surface area contributed by atoms with E-state index in [-0.39, 0.29) is 26.1 Å². The van der Waals surface area contributed by atoms with Crippen molar-refractivity contribution < 1.29 is 73.8 Å². The van der Waals surface area contributed by atoms with E-state index in [1.807, 2.05) is 0 Å². The molecular weight excluding hydrogens is 877 g/mol. The zero-order chi connectivity index (χ0) is 49.6. The van der Waals surface area contributed by atoms with E-state index >= 15 is 0 Å². The Hall–Kier alpha value is -2.02. The molecule has 0 aromatic carbocycles. The summed E-state index contributed by atoms with van der Waals surface area (Å²) in [6.07, 6.45) is 24.9. The van der Waals surface area contributed by atoms with Gasteiger partial charge in [0.2, 0.25) is 0 Å². The van der Waals surface area contributed by atoms with Crippen molar-refractivity contribution in [3.05, 3.63) is 24.3 Å². The van der Waals surface area contributed by atoms with Gasteiger partial charge >= 0.3 is 11.9 Å². The highest BCUT2D eigenvalue weighted by atomic mass is 16.7. The molecule has 0 aliphatic carbocycles. The number of aliphatic hydroxyl groups is 7. The summed E-state index contributed by atoms with van der Waals surface area (Å²) in [6, 6.07) is 0. The van der Waals surface area contributed by atoms with E-state index in [1.165, 1.54) is 116 Å². The Morgan fingerprint density at radius 2 is 0.838 bits per heavy atom. The molecule has 0 bridgehead atoms. The first kappa shape index (κ1) is 62.1. The number of ether oxygens (including phenoxy) is 6. The summed E-state index contributed by atoms with van der Waals surface area (Å²) >= 11 is 0. The second-order valence-corrected chi connectivity index (χ2v) is 19.0. The number of aliphatic hydroxyl groups excluding tert-OH is 7. The van der Waals surface area contributed by atoms with Crippen LogP contribution in [0.4, 0.5) is 0 Å². The van der Waals surface area contributed by atoms with E-state index in [9.17, 15) is 45.3 Å². The van der Waals surface area contributed by atoms with Gasteiger partial charge in [0.1, 0.15) is 55.4 Å². The number of rotatable bonds is 42. The highest BCUT2D eigenvalue weighted by Crippen LogP contribution is 2.26. The number of unbranched alkanes of at least 4 members (excludes halogenated alkanes) is 24. The number of allylic oxidation sites excluding steroid dienone is 4. The normalized spacial score (nSPS) is 25.9. The Balaban J connectivity index is 1.80. The molecule has 2 rings (SSSR count). The molecule has 0 spiro atoms. The third-order valence-electron chi connectivity index (χ3n) is 12.9. The van der Waals surface area contributed by atoms with Crippen LogP contribution < -0.4 is 0 Å². The fourth-order valence-electron chi connectivity index (χ4n) is 8.44. The summed E-state index contributed by atoms with van der Waals surface area (Å²) in [6.45, 7) is 2.58. The van der Waals surface area contributed by atoms with Crippen LogP contribution in [0.2, 0.25) is 0 Å². The quantitative estimate of drug-likeness (QED) is 0.0175. The van der Waals surface area contributed by atoms with Crippen LogP contribution in [-0.4, -0.2) is 142 Å². The molecule has 15 nitrogen and oxygen atoms in total. The minimum absolute atomic E-state index is 0.158. The van der Waals surface area contributed by atoms with Gasteiger partial charge in [-0.1, -0.05) is 154 Å². The van der Waals surface area contributed by atoms with Gasteiger partial charge in [0.05, 0.1) is 19.8 Å². The molecule has 2 heterocycles. The first-order valence-corrected chi connectivity index (χ1v) is 26.9. The second kappa shape index (κ2) is 40.6. The molecule has 0 aromatic heterocycles. The molecule has 68 heavy (non-hydrogen) atoms. The van der Waals surface area contributed by atoms with Crippen molar-refractivity contribution in [3.8, 4) is 0 Å². The Morgan fingerprint density at radius 3 is 1.32 bits per heavy atom. The van der Waals surface area contributed by atoms with Crippen LogP contribution in [0.25, 0.3) is 0 Å². The molecule has 11 atom stereocenters. The maximum absolute atomic E-state index is 13.0. The van der Waals surface area contributed by atoms with Crippen molar-refractivity contribution in [3.63, 3.8) is 0 Å². The molecule has 2 fully saturated rings. The van der Waals surface area contributed by atoms with E-state index in [4.69, 9.17) is 28.4 Å². The van der Waals surface area contributed by atoms with Gasteiger partial charge in [-0.05, 0) is 64.2 Å². The molecule has 398 valence electrons. The summed E-state index contributed by atoms with van der Waals surface area (Å²) in [4.78, 5) is 25.8. The molecule has 0 amide bonds. The fourth-order valence-corrected chi connectivity index (χ4v) is 8.44. The van der Waals surface area contributed by atoms with E-state index < -0.39 is 92.7 Å². The highest BCUT2D eigenvalue weighted by Gasteiger charge is 2.47.